The molecule has 1 unspecified atom stereocenters. The van der Waals surface area contributed by atoms with Crippen molar-refractivity contribution < 1.29 is 18.0 Å². The third-order valence-electron chi connectivity index (χ3n) is 3.42. The summed E-state index contributed by atoms with van der Waals surface area (Å²) in [5.41, 5.74) is 1.15. The van der Waals surface area contributed by atoms with Crippen LogP contribution in [0.4, 0.5) is 5.69 Å². The minimum Gasteiger partial charge on any atom is -0.373 e. The van der Waals surface area contributed by atoms with Crippen LogP contribution >= 0.6 is 0 Å². The van der Waals surface area contributed by atoms with Crippen molar-refractivity contribution >= 4 is 14.5 Å². The van der Waals surface area contributed by atoms with Gasteiger partial charge in [0.2, 0.25) is 0 Å². The van der Waals surface area contributed by atoms with Crippen LogP contribution in [0.1, 0.15) is 20.8 Å². The van der Waals surface area contributed by atoms with E-state index in [-0.39, 0.29) is 0 Å². The summed E-state index contributed by atoms with van der Waals surface area (Å²) < 4.78 is 23.3. The Morgan fingerprint density at radius 1 is 1.05 bits per heavy atom. The summed E-state index contributed by atoms with van der Waals surface area (Å²) in [6.07, 6.45) is 0.948. The first-order valence-electron chi connectivity index (χ1n) is 8.06. The maximum Gasteiger partial charge on any atom is 0.521 e. The van der Waals surface area contributed by atoms with Crippen LogP contribution in [0.3, 0.4) is 0 Å². The summed E-state index contributed by atoms with van der Waals surface area (Å²) in [6, 6.07) is 10.3. The summed E-state index contributed by atoms with van der Waals surface area (Å²) in [5, 5.41) is 0. The molecule has 1 fully saturated rings. The molecule has 1 aliphatic rings. The number of para-hydroxylation sites is 1. The zero-order valence-electron chi connectivity index (χ0n) is 13.8. The average Bonchev–Trinajstić information content (AvgIpc) is 3.32. The third-order valence-corrected chi connectivity index (χ3v) is 6.38. The van der Waals surface area contributed by atoms with Gasteiger partial charge in [-0.25, -0.2) is 0 Å². The molecule has 22 heavy (non-hydrogen) atoms. The van der Waals surface area contributed by atoms with Crippen LogP contribution in [0.2, 0.25) is 0 Å². The van der Waals surface area contributed by atoms with Crippen LogP contribution in [-0.2, 0) is 18.0 Å². The molecule has 1 heterocycles. The molecule has 0 saturated carbocycles. The Morgan fingerprint density at radius 2 is 1.59 bits per heavy atom. The minimum atomic E-state index is -2.71. The summed E-state index contributed by atoms with van der Waals surface area (Å²) in [7, 11) is -2.71. The van der Waals surface area contributed by atoms with Gasteiger partial charge in [-0.2, -0.15) is 0 Å². The van der Waals surface area contributed by atoms with E-state index < -0.39 is 8.80 Å². The first-order valence-corrected chi connectivity index (χ1v) is 9.99. The number of ether oxygens (including phenoxy) is 1. The van der Waals surface area contributed by atoms with Crippen LogP contribution < -0.4 is 4.90 Å². The Labute approximate surface area is 134 Å². The number of anilines is 1. The Hall–Kier alpha value is -0.923. The quantitative estimate of drug-likeness (QED) is 0.462. The van der Waals surface area contributed by atoms with E-state index in [4.69, 9.17) is 18.0 Å². The molecule has 2 rings (SSSR count). The van der Waals surface area contributed by atoms with Gasteiger partial charge in [-0.15, -0.1) is 0 Å². The standard InChI is InChI=1S/C16H27NO4Si/c1-4-19-22(20-5-2,21-6-3)14-17(12-16-13-18-16)15-10-8-7-9-11-15/h7-11,16H,4-6,12-14H2,1-3H3. The maximum absolute atomic E-state index is 5.98. The normalized spacial score (nSPS) is 17.5. The van der Waals surface area contributed by atoms with E-state index in [0.29, 0.717) is 32.1 Å². The number of benzene rings is 1. The van der Waals surface area contributed by atoms with Crippen molar-refractivity contribution in [3.8, 4) is 0 Å². The fraction of sp³-hybridized carbons (Fsp3) is 0.625. The molecule has 0 bridgehead atoms. The minimum absolute atomic E-state index is 0.303. The molecule has 124 valence electrons. The van der Waals surface area contributed by atoms with E-state index in [1.54, 1.807) is 0 Å². The van der Waals surface area contributed by atoms with Gasteiger partial charge < -0.3 is 22.9 Å². The SMILES string of the molecule is CCO[Si](CN(CC1CO1)c1ccccc1)(OCC)OCC. The molecule has 1 aliphatic heterocycles. The molecule has 5 nitrogen and oxygen atoms in total. The number of rotatable bonds is 11. The highest BCUT2D eigenvalue weighted by Crippen LogP contribution is 2.22. The van der Waals surface area contributed by atoms with E-state index in [2.05, 4.69) is 17.0 Å². The predicted molar refractivity (Wildman–Crippen MR) is 89.0 cm³/mol. The first-order chi connectivity index (χ1) is 10.7. The highest BCUT2D eigenvalue weighted by Gasteiger charge is 2.43. The van der Waals surface area contributed by atoms with E-state index in [1.165, 1.54) is 0 Å². The summed E-state index contributed by atoms with van der Waals surface area (Å²) in [5.74, 6) is 0. The molecule has 1 aromatic carbocycles. The van der Waals surface area contributed by atoms with Crippen molar-refractivity contribution in [1.29, 1.82) is 0 Å². The zero-order valence-corrected chi connectivity index (χ0v) is 14.8. The molecule has 6 heteroatoms. The zero-order chi connectivity index (χ0) is 15.8. The molecule has 0 amide bonds. The lowest BCUT2D eigenvalue weighted by Crippen LogP contribution is -2.56. The fourth-order valence-electron chi connectivity index (χ4n) is 2.47. The Morgan fingerprint density at radius 3 is 2.05 bits per heavy atom. The Bertz CT molecular complexity index is 410. The molecule has 0 aromatic heterocycles. The Kier molecular flexibility index (Phi) is 6.85. The molecule has 0 N–H and O–H groups in total. The summed E-state index contributed by atoms with van der Waals surface area (Å²) >= 11 is 0. The third kappa shape index (κ3) is 5.07. The van der Waals surface area contributed by atoms with Crippen LogP contribution in [0, 0.1) is 0 Å². The van der Waals surface area contributed by atoms with Gasteiger partial charge >= 0.3 is 8.80 Å². The van der Waals surface area contributed by atoms with Gasteiger partial charge in [0, 0.05) is 32.1 Å². The topological polar surface area (TPSA) is 43.5 Å². The van der Waals surface area contributed by atoms with Gasteiger partial charge in [-0.3, -0.25) is 0 Å². The van der Waals surface area contributed by atoms with E-state index in [1.807, 2.05) is 39.0 Å². The van der Waals surface area contributed by atoms with Crippen LogP contribution in [0.5, 0.6) is 0 Å². The predicted octanol–water partition coefficient (Wildman–Crippen LogP) is 2.48. The van der Waals surface area contributed by atoms with E-state index in [9.17, 15) is 0 Å². The molecule has 1 atom stereocenters. The maximum atomic E-state index is 5.98. The molecule has 0 aliphatic carbocycles. The smallest absolute Gasteiger partial charge is 0.373 e. The number of nitrogens with zero attached hydrogens (tertiary/aromatic N) is 1. The van der Waals surface area contributed by atoms with Crippen molar-refractivity contribution in [3.63, 3.8) is 0 Å². The molecule has 1 saturated heterocycles. The highest BCUT2D eigenvalue weighted by molar-refractivity contribution is 6.61. The average molecular weight is 325 g/mol. The van der Waals surface area contributed by atoms with Gasteiger partial charge in [0.25, 0.3) is 0 Å². The van der Waals surface area contributed by atoms with E-state index >= 15 is 0 Å². The van der Waals surface area contributed by atoms with Crippen molar-refractivity contribution in [3.05, 3.63) is 30.3 Å². The molecule has 0 spiro atoms. The molecular formula is C16H27NO4Si. The Balaban J connectivity index is 2.16. The van der Waals surface area contributed by atoms with Gasteiger partial charge in [0.05, 0.1) is 18.9 Å². The molecule has 1 aromatic rings. The number of hydrogen-bond donors (Lipinski definition) is 0. The van der Waals surface area contributed by atoms with Gasteiger partial charge in [0.15, 0.2) is 0 Å². The monoisotopic (exact) mass is 325 g/mol. The highest BCUT2D eigenvalue weighted by atomic mass is 28.4. The first kappa shape index (κ1) is 17.4. The largest absolute Gasteiger partial charge is 0.521 e. The number of epoxide rings is 1. The lowest BCUT2D eigenvalue weighted by atomic mass is 10.3. The lowest BCUT2D eigenvalue weighted by Gasteiger charge is -2.34. The second-order valence-corrected chi connectivity index (χ2v) is 7.70. The van der Waals surface area contributed by atoms with Crippen molar-refractivity contribution in [2.45, 2.75) is 26.9 Å². The summed E-state index contributed by atoms with van der Waals surface area (Å²) in [4.78, 5) is 2.27. The van der Waals surface area contributed by atoms with Crippen molar-refractivity contribution in [1.82, 2.24) is 0 Å². The van der Waals surface area contributed by atoms with Crippen molar-refractivity contribution in [2.24, 2.45) is 0 Å². The van der Waals surface area contributed by atoms with Gasteiger partial charge in [-0.05, 0) is 32.9 Å². The van der Waals surface area contributed by atoms with Gasteiger partial charge in [-0.1, -0.05) is 18.2 Å². The second kappa shape index (κ2) is 8.64. The van der Waals surface area contributed by atoms with Crippen LogP contribution in [0.15, 0.2) is 30.3 Å². The van der Waals surface area contributed by atoms with E-state index in [0.717, 1.165) is 18.8 Å². The lowest BCUT2D eigenvalue weighted by molar-refractivity contribution is 0.0721. The number of hydrogen-bond acceptors (Lipinski definition) is 5. The molecule has 0 radical (unpaired) electrons. The fourth-order valence-corrected chi connectivity index (χ4v) is 5.10. The van der Waals surface area contributed by atoms with Gasteiger partial charge in [0.1, 0.15) is 0 Å². The van der Waals surface area contributed by atoms with Crippen molar-refractivity contribution in [2.75, 3.05) is 44.0 Å². The second-order valence-electron chi connectivity index (χ2n) is 5.15. The molecular weight excluding hydrogens is 298 g/mol. The summed E-state index contributed by atoms with van der Waals surface area (Å²) in [6.45, 7) is 9.39. The van der Waals surface area contributed by atoms with Crippen LogP contribution in [-0.4, -0.2) is 54.0 Å². The van der Waals surface area contributed by atoms with Crippen LogP contribution in [0.25, 0.3) is 0 Å².